The Morgan fingerprint density at radius 3 is 2.61 bits per heavy atom. The topological polar surface area (TPSA) is 120 Å². The van der Waals surface area contributed by atoms with Crippen molar-refractivity contribution < 1.29 is 8.78 Å². The van der Waals surface area contributed by atoms with E-state index >= 15 is 0 Å². The maximum atomic E-state index is 14.4. The number of H-pyrrole nitrogens is 1. The normalized spacial score (nSPS) is 12.4. The Morgan fingerprint density at radius 2 is 1.93 bits per heavy atom. The number of nitrogens with two attached hydrogens (primary N) is 3. The Bertz CT molecular complexity index is 1020. The molecule has 0 bridgehead atoms. The fourth-order valence-corrected chi connectivity index (χ4v) is 2.67. The lowest BCUT2D eigenvalue weighted by atomic mass is 10.0. The molecule has 1 heterocycles. The van der Waals surface area contributed by atoms with E-state index in [0.717, 1.165) is 5.56 Å². The second-order valence-electron chi connectivity index (χ2n) is 6.34. The number of hydrogen-bond acceptors (Lipinski definition) is 5. The molecule has 3 rings (SSSR count). The van der Waals surface area contributed by atoms with Crippen molar-refractivity contribution in [3.05, 3.63) is 83.3 Å². The summed E-state index contributed by atoms with van der Waals surface area (Å²) in [5, 5.41) is 6.73. The molecule has 3 aromatic rings. The van der Waals surface area contributed by atoms with Crippen molar-refractivity contribution in [2.24, 2.45) is 11.5 Å². The van der Waals surface area contributed by atoms with Crippen LogP contribution >= 0.6 is 0 Å². The minimum Gasteiger partial charge on any atom is -0.402 e. The van der Waals surface area contributed by atoms with Gasteiger partial charge < -0.3 is 17.2 Å². The van der Waals surface area contributed by atoms with Crippen LogP contribution in [0, 0.1) is 11.6 Å². The van der Waals surface area contributed by atoms with Gasteiger partial charge in [0.2, 0.25) is 0 Å². The van der Waals surface area contributed by atoms with Gasteiger partial charge in [-0.15, -0.1) is 0 Å². The molecular weight excluding hydrogens is 362 g/mol. The van der Waals surface area contributed by atoms with E-state index in [2.05, 4.69) is 21.8 Å². The number of halogens is 2. The molecule has 0 radical (unpaired) electrons. The van der Waals surface area contributed by atoms with Crippen LogP contribution in [0.4, 0.5) is 14.5 Å². The lowest BCUT2D eigenvalue weighted by molar-refractivity contribution is 0.627. The predicted octanol–water partition coefficient (Wildman–Crippen LogP) is 3.06. The number of aromatic amines is 1. The zero-order chi connectivity index (χ0) is 20.3. The van der Waals surface area contributed by atoms with Crippen LogP contribution in [0.25, 0.3) is 17.5 Å². The Hall–Kier alpha value is -3.52. The van der Waals surface area contributed by atoms with Gasteiger partial charge in [-0.05, 0) is 35.4 Å². The third-order valence-electron chi connectivity index (χ3n) is 4.06. The van der Waals surface area contributed by atoms with Crippen molar-refractivity contribution in [3.63, 3.8) is 0 Å². The van der Waals surface area contributed by atoms with E-state index in [4.69, 9.17) is 17.2 Å². The molecule has 28 heavy (non-hydrogen) atoms. The fraction of sp³-hybridized carbons (Fsp3) is 0.100. The van der Waals surface area contributed by atoms with Gasteiger partial charge in [0.15, 0.2) is 5.82 Å². The first-order valence-electron chi connectivity index (χ1n) is 8.46. The van der Waals surface area contributed by atoms with Gasteiger partial charge in [-0.1, -0.05) is 30.9 Å². The molecule has 0 saturated heterocycles. The molecular formula is C20H20F2N6. The molecule has 144 valence electrons. The Morgan fingerprint density at radius 1 is 1.21 bits per heavy atom. The molecule has 8 heteroatoms. The molecule has 0 amide bonds. The minimum absolute atomic E-state index is 0.167. The van der Waals surface area contributed by atoms with Crippen molar-refractivity contribution in [2.45, 2.75) is 12.5 Å². The molecule has 1 atom stereocenters. The number of allylic oxidation sites excluding steroid dienone is 1. The van der Waals surface area contributed by atoms with Gasteiger partial charge in [-0.2, -0.15) is 5.10 Å². The lowest BCUT2D eigenvalue weighted by Crippen LogP contribution is -2.10. The summed E-state index contributed by atoms with van der Waals surface area (Å²) in [5.74, 6) is -0.239. The van der Waals surface area contributed by atoms with Gasteiger partial charge in [0.05, 0.1) is 11.6 Å². The van der Waals surface area contributed by atoms with Crippen LogP contribution in [0.2, 0.25) is 0 Å². The Kier molecular flexibility index (Phi) is 5.51. The summed E-state index contributed by atoms with van der Waals surface area (Å²) in [6, 6.07) is 8.06. The first kappa shape index (κ1) is 19.2. The van der Waals surface area contributed by atoms with Crippen LogP contribution < -0.4 is 17.2 Å². The van der Waals surface area contributed by atoms with E-state index in [9.17, 15) is 8.78 Å². The van der Waals surface area contributed by atoms with Crippen LogP contribution in [0.15, 0.2) is 54.8 Å². The molecule has 0 spiro atoms. The number of benzene rings is 2. The predicted molar refractivity (Wildman–Crippen MR) is 106 cm³/mol. The first-order valence-corrected chi connectivity index (χ1v) is 8.46. The van der Waals surface area contributed by atoms with Gasteiger partial charge in [-0.25, -0.2) is 13.8 Å². The van der Waals surface area contributed by atoms with Gasteiger partial charge in [-0.3, -0.25) is 5.10 Å². The molecule has 7 N–H and O–H groups in total. The number of nitrogens with zero attached hydrogens (tertiary/aromatic N) is 2. The summed E-state index contributed by atoms with van der Waals surface area (Å²) >= 11 is 0. The maximum absolute atomic E-state index is 14.4. The van der Waals surface area contributed by atoms with Crippen LogP contribution in [0.3, 0.4) is 0 Å². The highest BCUT2D eigenvalue weighted by molar-refractivity contribution is 5.65. The first-order chi connectivity index (χ1) is 13.3. The molecule has 1 unspecified atom stereocenters. The molecule has 0 aliphatic carbocycles. The average molecular weight is 382 g/mol. The van der Waals surface area contributed by atoms with E-state index < -0.39 is 11.9 Å². The van der Waals surface area contributed by atoms with Crippen molar-refractivity contribution in [3.8, 4) is 11.4 Å². The maximum Gasteiger partial charge on any atom is 0.184 e. The Balaban J connectivity index is 1.89. The van der Waals surface area contributed by atoms with Crippen LogP contribution in [-0.4, -0.2) is 15.2 Å². The number of nitrogen functional groups attached to an aromatic ring is 1. The third kappa shape index (κ3) is 4.41. The van der Waals surface area contributed by atoms with E-state index in [1.54, 1.807) is 24.3 Å². The summed E-state index contributed by atoms with van der Waals surface area (Å²) in [6.07, 6.45) is 3.74. The fourth-order valence-electron chi connectivity index (χ4n) is 2.67. The van der Waals surface area contributed by atoms with Gasteiger partial charge in [0.1, 0.15) is 17.5 Å². The van der Waals surface area contributed by atoms with Crippen molar-refractivity contribution in [1.29, 1.82) is 0 Å². The number of aromatic nitrogens is 3. The van der Waals surface area contributed by atoms with Gasteiger partial charge in [0.25, 0.3) is 0 Å². The summed E-state index contributed by atoms with van der Waals surface area (Å²) < 4.78 is 27.4. The minimum atomic E-state index is -0.605. The Labute approximate surface area is 160 Å². The van der Waals surface area contributed by atoms with E-state index in [0.29, 0.717) is 23.5 Å². The van der Waals surface area contributed by atoms with Gasteiger partial charge in [0, 0.05) is 17.8 Å². The molecule has 2 aromatic carbocycles. The largest absolute Gasteiger partial charge is 0.402 e. The molecule has 0 fully saturated rings. The lowest BCUT2D eigenvalue weighted by Gasteiger charge is -2.13. The van der Waals surface area contributed by atoms with E-state index in [1.165, 1.54) is 24.3 Å². The van der Waals surface area contributed by atoms with Crippen LogP contribution in [-0.2, 0) is 6.42 Å². The van der Waals surface area contributed by atoms with Crippen molar-refractivity contribution in [2.75, 3.05) is 5.73 Å². The molecule has 0 aliphatic heterocycles. The van der Waals surface area contributed by atoms with Crippen LogP contribution in [0.5, 0.6) is 0 Å². The average Bonchev–Trinajstić information content (AvgIpc) is 3.08. The number of hydrogen-bond donors (Lipinski definition) is 4. The highest BCUT2D eigenvalue weighted by atomic mass is 19.1. The quantitative estimate of drug-likeness (QED) is 0.489. The number of rotatable bonds is 6. The van der Waals surface area contributed by atoms with Crippen molar-refractivity contribution in [1.82, 2.24) is 15.2 Å². The summed E-state index contributed by atoms with van der Waals surface area (Å²) in [5.41, 5.74) is 19.8. The standard InChI is InChI=1S/C20H20F2N6/c1-11(23)8-19-26-20(28-27-19)14-9-15(18(25)10-16(14)22)17(24)7-4-12-2-5-13(21)6-3-12/h2-7,9-10,17H,1,8,23-25H2,(H,26,27,28)/b7-4+. The second kappa shape index (κ2) is 8.01. The van der Waals surface area contributed by atoms with E-state index in [-0.39, 0.29) is 22.9 Å². The molecule has 0 saturated carbocycles. The molecule has 6 nitrogen and oxygen atoms in total. The third-order valence-corrected chi connectivity index (χ3v) is 4.06. The summed E-state index contributed by atoms with van der Waals surface area (Å²) in [4.78, 5) is 4.23. The smallest absolute Gasteiger partial charge is 0.184 e. The second-order valence-corrected chi connectivity index (χ2v) is 6.34. The summed E-state index contributed by atoms with van der Waals surface area (Å²) in [6.45, 7) is 3.60. The monoisotopic (exact) mass is 382 g/mol. The number of nitrogens with one attached hydrogen (secondary N) is 1. The van der Waals surface area contributed by atoms with Crippen LogP contribution in [0.1, 0.15) is 23.0 Å². The zero-order valence-corrected chi connectivity index (χ0v) is 15.0. The number of anilines is 1. The SMILES string of the molecule is C=C(N)Cc1nc(-c2cc(C(N)/C=C/c3ccc(F)cc3)c(N)cc2F)n[nH]1. The van der Waals surface area contributed by atoms with E-state index in [1.807, 2.05) is 0 Å². The molecule has 0 aliphatic rings. The highest BCUT2D eigenvalue weighted by Gasteiger charge is 2.17. The zero-order valence-electron chi connectivity index (χ0n) is 15.0. The highest BCUT2D eigenvalue weighted by Crippen LogP contribution is 2.29. The van der Waals surface area contributed by atoms with Gasteiger partial charge >= 0.3 is 0 Å². The van der Waals surface area contributed by atoms with Crippen molar-refractivity contribution >= 4 is 11.8 Å². The summed E-state index contributed by atoms with van der Waals surface area (Å²) in [7, 11) is 0. The molecule has 1 aromatic heterocycles.